The molecule has 0 aliphatic carbocycles. The average Bonchev–Trinajstić information content (AvgIpc) is 2.90. The molecule has 0 fully saturated rings. The molecule has 1 heterocycles. The highest BCUT2D eigenvalue weighted by Gasteiger charge is 2.37. The minimum Gasteiger partial charge on any atom is -0.493 e. The number of rotatable bonds is 7. The first-order valence-corrected chi connectivity index (χ1v) is 8.96. The maximum Gasteiger partial charge on any atom is 0.254 e. The summed E-state index contributed by atoms with van der Waals surface area (Å²) in [6.45, 7) is 4.36. The highest BCUT2D eigenvalue weighted by Crippen LogP contribution is 2.36. The molecule has 2 amide bonds. The Labute approximate surface area is 159 Å². The highest BCUT2D eigenvalue weighted by molar-refractivity contribution is 6.06. The lowest BCUT2D eigenvalue weighted by Crippen LogP contribution is -2.37. The van der Waals surface area contributed by atoms with Crippen LogP contribution in [-0.2, 0) is 9.59 Å². The van der Waals surface area contributed by atoms with Gasteiger partial charge in [-0.05, 0) is 31.5 Å². The van der Waals surface area contributed by atoms with Gasteiger partial charge in [0.1, 0.15) is 6.04 Å². The molecule has 1 atom stereocenters. The number of nitrogens with one attached hydrogen (secondary N) is 1. The molecule has 3 rings (SSSR count). The van der Waals surface area contributed by atoms with Gasteiger partial charge in [0, 0.05) is 24.7 Å². The third kappa shape index (κ3) is 4.05. The van der Waals surface area contributed by atoms with Gasteiger partial charge in [-0.1, -0.05) is 29.8 Å². The van der Waals surface area contributed by atoms with Crippen LogP contribution in [0.5, 0.6) is 11.5 Å². The van der Waals surface area contributed by atoms with Crippen LogP contribution in [0.1, 0.15) is 30.5 Å². The second-order valence-corrected chi connectivity index (χ2v) is 6.54. The predicted octanol–water partition coefficient (Wildman–Crippen LogP) is 3.00. The van der Waals surface area contributed by atoms with Gasteiger partial charge in [-0.25, -0.2) is 0 Å². The molecule has 0 unspecified atom stereocenters. The number of ether oxygens (including phenoxy) is 2. The number of aryl methyl sites for hydroxylation is 1. The maximum atomic E-state index is 12.8. The molecule has 0 saturated carbocycles. The number of methoxy groups -OCH3 is 1. The van der Waals surface area contributed by atoms with E-state index in [0.29, 0.717) is 31.1 Å². The maximum absolute atomic E-state index is 12.8. The molecule has 0 aromatic heterocycles. The van der Waals surface area contributed by atoms with Crippen LogP contribution in [0.2, 0.25) is 0 Å². The SMILES string of the molecule is COc1ccccc1OCCCN1C(=O)[C@H](NC(C)=O)c2cc(C)ccc21. The standard InChI is InChI=1S/C21H24N2O4/c1-14-9-10-17-16(13-14)20(22-15(2)24)21(25)23(17)11-6-12-27-19-8-5-4-7-18(19)26-3/h4-5,7-10,13,20H,6,11-12H2,1-3H3,(H,22,24)/t20-/m1/s1. The molecule has 2 aromatic carbocycles. The summed E-state index contributed by atoms with van der Waals surface area (Å²) in [4.78, 5) is 26.1. The van der Waals surface area contributed by atoms with Crippen LogP contribution >= 0.6 is 0 Å². The van der Waals surface area contributed by atoms with Crippen molar-refractivity contribution >= 4 is 17.5 Å². The van der Waals surface area contributed by atoms with Crippen LogP contribution in [0.3, 0.4) is 0 Å². The van der Waals surface area contributed by atoms with E-state index >= 15 is 0 Å². The van der Waals surface area contributed by atoms with Crippen molar-refractivity contribution in [3.8, 4) is 11.5 Å². The minimum atomic E-state index is -0.618. The Kier molecular flexibility index (Phi) is 5.64. The molecule has 6 heteroatoms. The Morgan fingerprint density at radius 1 is 1.19 bits per heavy atom. The molecule has 1 N–H and O–H groups in total. The van der Waals surface area contributed by atoms with Gasteiger partial charge in [0.05, 0.1) is 13.7 Å². The zero-order valence-electron chi connectivity index (χ0n) is 15.8. The van der Waals surface area contributed by atoms with Crippen LogP contribution < -0.4 is 19.7 Å². The van der Waals surface area contributed by atoms with Gasteiger partial charge >= 0.3 is 0 Å². The van der Waals surface area contributed by atoms with Crippen molar-refractivity contribution < 1.29 is 19.1 Å². The minimum absolute atomic E-state index is 0.108. The fourth-order valence-corrected chi connectivity index (χ4v) is 3.27. The monoisotopic (exact) mass is 368 g/mol. The normalized spacial score (nSPS) is 15.4. The Hall–Kier alpha value is -3.02. The van der Waals surface area contributed by atoms with Gasteiger partial charge in [-0.15, -0.1) is 0 Å². The topological polar surface area (TPSA) is 67.9 Å². The number of benzene rings is 2. The van der Waals surface area contributed by atoms with Crippen LogP contribution in [0.15, 0.2) is 42.5 Å². The van der Waals surface area contributed by atoms with Gasteiger partial charge in [0.2, 0.25) is 5.91 Å². The van der Waals surface area contributed by atoms with Gasteiger partial charge in [-0.3, -0.25) is 9.59 Å². The van der Waals surface area contributed by atoms with Crippen molar-refractivity contribution in [3.63, 3.8) is 0 Å². The molecule has 0 bridgehead atoms. The smallest absolute Gasteiger partial charge is 0.254 e. The molecule has 2 aromatic rings. The van der Waals surface area contributed by atoms with E-state index in [1.165, 1.54) is 6.92 Å². The van der Waals surface area contributed by atoms with Crippen molar-refractivity contribution in [2.24, 2.45) is 0 Å². The van der Waals surface area contributed by atoms with Crippen molar-refractivity contribution in [2.75, 3.05) is 25.2 Å². The quantitative estimate of drug-likeness (QED) is 0.763. The molecule has 0 spiro atoms. The summed E-state index contributed by atoms with van der Waals surface area (Å²) in [5, 5.41) is 2.76. The lowest BCUT2D eigenvalue weighted by atomic mass is 10.1. The first-order chi connectivity index (χ1) is 13.0. The summed E-state index contributed by atoms with van der Waals surface area (Å²) in [6, 6.07) is 12.7. The van der Waals surface area contributed by atoms with Crippen LogP contribution in [0, 0.1) is 6.92 Å². The lowest BCUT2D eigenvalue weighted by molar-refractivity contribution is -0.126. The van der Waals surface area contributed by atoms with Crippen molar-refractivity contribution in [1.82, 2.24) is 5.32 Å². The Morgan fingerprint density at radius 2 is 1.93 bits per heavy atom. The number of hydrogen-bond donors (Lipinski definition) is 1. The molecule has 142 valence electrons. The summed E-state index contributed by atoms with van der Waals surface area (Å²) in [5.74, 6) is 1.03. The fraction of sp³-hybridized carbons (Fsp3) is 0.333. The van der Waals surface area contributed by atoms with E-state index in [9.17, 15) is 9.59 Å². The van der Waals surface area contributed by atoms with Crippen LogP contribution in [-0.4, -0.2) is 32.1 Å². The second-order valence-electron chi connectivity index (χ2n) is 6.54. The first kappa shape index (κ1) is 18.8. The largest absolute Gasteiger partial charge is 0.493 e. The molecule has 1 aliphatic heterocycles. The third-order valence-corrected chi connectivity index (χ3v) is 4.50. The summed E-state index contributed by atoms with van der Waals surface area (Å²) >= 11 is 0. The lowest BCUT2D eigenvalue weighted by Gasteiger charge is -2.18. The number of nitrogens with zero attached hydrogens (tertiary/aromatic N) is 1. The third-order valence-electron chi connectivity index (χ3n) is 4.50. The zero-order chi connectivity index (χ0) is 19.4. The summed E-state index contributed by atoms with van der Waals surface area (Å²) in [5.41, 5.74) is 2.75. The fourth-order valence-electron chi connectivity index (χ4n) is 3.27. The predicted molar refractivity (Wildman–Crippen MR) is 103 cm³/mol. The molecule has 0 radical (unpaired) electrons. The molecular weight excluding hydrogens is 344 g/mol. The second kappa shape index (κ2) is 8.12. The van der Waals surface area contributed by atoms with Crippen LogP contribution in [0.25, 0.3) is 0 Å². The number of hydrogen-bond acceptors (Lipinski definition) is 4. The van der Waals surface area contributed by atoms with E-state index in [1.807, 2.05) is 49.4 Å². The highest BCUT2D eigenvalue weighted by atomic mass is 16.5. The summed E-state index contributed by atoms with van der Waals surface area (Å²) in [6.07, 6.45) is 0.657. The van der Waals surface area contributed by atoms with Crippen LogP contribution in [0.4, 0.5) is 5.69 Å². The van der Waals surface area contributed by atoms with E-state index < -0.39 is 6.04 Å². The van der Waals surface area contributed by atoms with E-state index in [4.69, 9.17) is 9.47 Å². The number of fused-ring (bicyclic) bond motifs is 1. The van der Waals surface area contributed by atoms with E-state index in [1.54, 1.807) is 12.0 Å². The average molecular weight is 368 g/mol. The summed E-state index contributed by atoms with van der Waals surface area (Å²) in [7, 11) is 1.60. The van der Waals surface area contributed by atoms with E-state index in [-0.39, 0.29) is 11.8 Å². The van der Waals surface area contributed by atoms with Gasteiger partial charge < -0.3 is 19.7 Å². The Bertz CT molecular complexity index is 850. The number of carbonyl (C=O) groups excluding carboxylic acids is 2. The number of para-hydroxylation sites is 2. The summed E-state index contributed by atoms with van der Waals surface area (Å²) < 4.78 is 11.1. The Balaban J connectivity index is 1.66. The van der Waals surface area contributed by atoms with Crippen molar-refractivity contribution in [3.05, 3.63) is 53.6 Å². The van der Waals surface area contributed by atoms with Crippen molar-refractivity contribution in [1.29, 1.82) is 0 Å². The van der Waals surface area contributed by atoms with Gasteiger partial charge in [0.15, 0.2) is 11.5 Å². The number of carbonyl (C=O) groups is 2. The van der Waals surface area contributed by atoms with E-state index in [2.05, 4.69) is 5.32 Å². The number of anilines is 1. The van der Waals surface area contributed by atoms with Gasteiger partial charge in [-0.2, -0.15) is 0 Å². The zero-order valence-corrected chi connectivity index (χ0v) is 15.8. The molecule has 1 aliphatic rings. The molecular formula is C21H24N2O4. The van der Waals surface area contributed by atoms with E-state index in [0.717, 1.165) is 16.8 Å². The van der Waals surface area contributed by atoms with Gasteiger partial charge in [0.25, 0.3) is 5.91 Å². The first-order valence-electron chi connectivity index (χ1n) is 8.96. The Morgan fingerprint density at radius 3 is 2.63 bits per heavy atom. The molecule has 0 saturated heterocycles. The molecule has 6 nitrogen and oxygen atoms in total. The van der Waals surface area contributed by atoms with Crippen molar-refractivity contribution in [2.45, 2.75) is 26.3 Å². The number of amides is 2. The molecule has 27 heavy (non-hydrogen) atoms.